The van der Waals surface area contributed by atoms with Crippen molar-refractivity contribution in [3.8, 4) is 5.75 Å². The van der Waals surface area contributed by atoms with Crippen LogP contribution in [0, 0.1) is 18.6 Å². The molecule has 2 aromatic carbocycles. The molecule has 0 saturated carbocycles. The number of hydrogen-bond acceptors (Lipinski definition) is 2. The lowest BCUT2D eigenvalue weighted by Crippen LogP contribution is -2.16. The molecule has 20 heavy (non-hydrogen) atoms. The Kier molecular flexibility index (Phi) is 4.35. The van der Waals surface area contributed by atoms with Gasteiger partial charge in [-0.1, -0.05) is 24.3 Å². The number of rotatable bonds is 4. The van der Waals surface area contributed by atoms with Gasteiger partial charge in [-0.25, -0.2) is 8.78 Å². The molecule has 2 rings (SSSR count). The van der Waals surface area contributed by atoms with Gasteiger partial charge in [0, 0.05) is 11.6 Å². The first kappa shape index (κ1) is 14.5. The minimum atomic E-state index is -0.600. The van der Waals surface area contributed by atoms with Gasteiger partial charge in [-0.2, -0.15) is 0 Å². The fourth-order valence-electron chi connectivity index (χ4n) is 2.15. The quantitative estimate of drug-likeness (QED) is 0.928. The molecule has 0 aliphatic rings. The third kappa shape index (κ3) is 2.96. The van der Waals surface area contributed by atoms with Crippen LogP contribution in [0.25, 0.3) is 0 Å². The number of halogens is 2. The molecular weight excluding hydrogens is 260 g/mol. The highest BCUT2D eigenvalue weighted by Gasteiger charge is 2.16. The largest absolute Gasteiger partial charge is 0.494 e. The second kappa shape index (κ2) is 6.01. The van der Waals surface area contributed by atoms with Gasteiger partial charge >= 0.3 is 0 Å². The summed E-state index contributed by atoms with van der Waals surface area (Å²) in [6.45, 7) is 1.81. The van der Waals surface area contributed by atoms with Gasteiger partial charge < -0.3 is 10.5 Å². The van der Waals surface area contributed by atoms with E-state index >= 15 is 0 Å². The minimum Gasteiger partial charge on any atom is -0.494 e. The fourth-order valence-corrected chi connectivity index (χ4v) is 2.15. The molecule has 2 aromatic rings. The summed E-state index contributed by atoms with van der Waals surface area (Å²) in [4.78, 5) is 0. The van der Waals surface area contributed by atoms with Gasteiger partial charge in [0.1, 0.15) is 5.82 Å². The van der Waals surface area contributed by atoms with Crippen LogP contribution in [0.4, 0.5) is 8.78 Å². The zero-order valence-electron chi connectivity index (χ0n) is 11.5. The summed E-state index contributed by atoms with van der Waals surface area (Å²) in [7, 11) is 1.40. The van der Waals surface area contributed by atoms with Gasteiger partial charge in [-0.15, -0.1) is 0 Å². The van der Waals surface area contributed by atoms with Gasteiger partial charge in [0.05, 0.1) is 7.11 Å². The molecule has 0 aromatic heterocycles. The molecular formula is C16H17F2NO. The molecule has 2 nitrogen and oxygen atoms in total. The van der Waals surface area contributed by atoms with E-state index < -0.39 is 11.9 Å². The van der Waals surface area contributed by atoms with Gasteiger partial charge in [0.2, 0.25) is 0 Å². The van der Waals surface area contributed by atoms with Crippen molar-refractivity contribution in [3.63, 3.8) is 0 Å². The highest BCUT2D eigenvalue weighted by Crippen LogP contribution is 2.25. The molecule has 2 N–H and O–H groups in total. The summed E-state index contributed by atoms with van der Waals surface area (Å²) in [5, 5.41) is 0. The van der Waals surface area contributed by atoms with E-state index in [-0.39, 0.29) is 18.0 Å². The van der Waals surface area contributed by atoms with E-state index in [1.165, 1.54) is 19.2 Å². The van der Waals surface area contributed by atoms with Crippen molar-refractivity contribution < 1.29 is 13.5 Å². The topological polar surface area (TPSA) is 35.2 Å². The van der Waals surface area contributed by atoms with E-state index in [4.69, 9.17) is 10.5 Å². The first-order valence-corrected chi connectivity index (χ1v) is 6.36. The maximum atomic E-state index is 14.0. The SMILES string of the molecule is COc1cccc(CC(N)c2ccc(C)cc2F)c1F. The lowest BCUT2D eigenvalue weighted by atomic mass is 9.98. The van der Waals surface area contributed by atoms with E-state index in [0.717, 1.165) is 5.56 Å². The van der Waals surface area contributed by atoms with Gasteiger partial charge in [-0.05, 0) is 36.6 Å². The highest BCUT2D eigenvalue weighted by molar-refractivity contribution is 5.33. The molecule has 0 heterocycles. The molecule has 0 radical (unpaired) electrons. The van der Waals surface area contributed by atoms with E-state index in [9.17, 15) is 8.78 Å². The van der Waals surface area contributed by atoms with Crippen LogP contribution >= 0.6 is 0 Å². The predicted molar refractivity (Wildman–Crippen MR) is 74.7 cm³/mol. The molecule has 0 amide bonds. The second-order valence-electron chi connectivity index (χ2n) is 4.77. The van der Waals surface area contributed by atoms with Crippen molar-refractivity contribution >= 4 is 0 Å². The molecule has 0 bridgehead atoms. The normalized spacial score (nSPS) is 12.2. The van der Waals surface area contributed by atoms with E-state index in [0.29, 0.717) is 11.1 Å². The smallest absolute Gasteiger partial charge is 0.168 e. The van der Waals surface area contributed by atoms with Crippen LogP contribution in [-0.2, 0) is 6.42 Å². The number of hydrogen-bond donors (Lipinski definition) is 1. The molecule has 0 spiro atoms. The average Bonchev–Trinajstić information content (AvgIpc) is 2.41. The van der Waals surface area contributed by atoms with Crippen LogP contribution < -0.4 is 10.5 Å². The minimum absolute atomic E-state index is 0.166. The summed E-state index contributed by atoms with van der Waals surface area (Å²) >= 11 is 0. The lowest BCUT2D eigenvalue weighted by molar-refractivity contribution is 0.383. The Morgan fingerprint density at radius 2 is 1.95 bits per heavy atom. The maximum absolute atomic E-state index is 14.0. The summed E-state index contributed by atoms with van der Waals surface area (Å²) in [6, 6.07) is 9.12. The Labute approximate surface area is 117 Å². The number of benzene rings is 2. The highest BCUT2D eigenvalue weighted by atomic mass is 19.1. The van der Waals surface area contributed by atoms with Crippen molar-refractivity contribution in [1.29, 1.82) is 0 Å². The Morgan fingerprint density at radius 3 is 2.60 bits per heavy atom. The summed E-state index contributed by atoms with van der Waals surface area (Å²) in [5.41, 5.74) is 7.62. The molecule has 0 fully saturated rings. The van der Waals surface area contributed by atoms with Crippen LogP contribution in [0.5, 0.6) is 5.75 Å². The predicted octanol–water partition coefficient (Wildman–Crippen LogP) is 3.52. The third-order valence-corrected chi connectivity index (χ3v) is 3.26. The van der Waals surface area contributed by atoms with Crippen LogP contribution in [-0.4, -0.2) is 7.11 Å². The van der Waals surface area contributed by atoms with Gasteiger partial charge in [-0.3, -0.25) is 0 Å². The third-order valence-electron chi connectivity index (χ3n) is 3.26. The number of methoxy groups -OCH3 is 1. The number of nitrogens with two attached hydrogens (primary N) is 1. The van der Waals surface area contributed by atoms with Crippen LogP contribution in [0.15, 0.2) is 36.4 Å². The summed E-state index contributed by atoms with van der Waals surface area (Å²) < 4.78 is 32.8. The van der Waals surface area contributed by atoms with Crippen molar-refractivity contribution in [2.45, 2.75) is 19.4 Å². The van der Waals surface area contributed by atoms with Crippen LogP contribution in [0.2, 0.25) is 0 Å². The first-order chi connectivity index (χ1) is 9.52. The summed E-state index contributed by atoms with van der Waals surface area (Å²) in [5.74, 6) is -0.641. The van der Waals surface area contributed by atoms with Gasteiger partial charge in [0.25, 0.3) is 0 Å². The average molecular weight is 277 g/mol. The standard InChI is InChI=1S/C16H17F2NO/c1-10-6-7-12(13(17)8-10)14(19)9-11-4-3-5-15(20-2)16(11)18/h3-8,14H,9,19H2,1-2H3. The van der Waals surface area contributed by atoms with E-state index in [1.807, 2.05) is 0 Å². The van der Waals surface area contributed by atoms with Crippen molar-refractivity contribution in [2.24, 2.45) is 5.73 Å². The summed E-state index contributed by atoms with van der Waals surface area (Å²) in [6.07, 6.45) is 0.211. The zero-order valence-corrected chi connectivity index (χ0v) is 11.5. The molecule has 1 unspecified atom stereocenters. The fraction of sp³-hybridized carbons (Fsp3) is 0.250. The Morgan fingerprint density at radius 1 is 1.20 bits per heavy atom. The lowest BCUT2D eigenvalue weighted by Gasteiger charge is -2.15. The Bertz CT molecular complexity index is 613. The molecule has 0 aliphatic heterocycles. The molecule has 4 heteroatoms. The molecule has 0 saturated heterocycles. The number of ether oxygens (including phenoxy) is 1. The van der Waals surface area contributed by atoms with Crippen LogP contribution in [0.3, 0.4) is 0 Å². The van der Waals surface area contributed by atoms with Gasteiger partial charge in [0.15, 0.2) is 11.6 Å². The van der Waals surface area contributed by atoms with E-state index in [1.54, 1.807) is 31.2 Å². The van der Waals surface area contributed by atoms with Crippen molar-refractivity contribution in [1.82, 2.24) is 0 Å². The number of aryl methyl sites for hydroxylation is 1. The zero-order chi connectivity index (χ0) is 14.7. The Balaban J connectivity index is 2.25. The van der Waals surface area contributed by atoms with Crippen molar-refractivity contribution in [3.05, 3.63) is 64.7 Å². The molecule has 1 atom stereocenters. The Hall–Kier alpha value is -1.94. The van der Waals surface area contributed by atoms with Crippen LogP contribution in [0.1, 0.15) is 22.7 Å². The van der Waals surface area contributed by atoms with Crippen molar-refractivity contribution in [2.75, 3.05) is 7.11 Å². The molecule has 0 aliphatic carbocycles. The molecule has 106 valence electrons. The maximum Gasteiger partial charge on any atom is 0.168 e. The van der Waals surface area contributed by atoms with E-state index in [2.05, 4.69) is 0 Å². The monoisotopic (exact) mass is 277 g/mol. The first-order valence-electron chi connectivity index (χ1n) is 6.36. The second-order valence-corrected chi connectivity index (χ2v) is 4.77.